The van der Waals surface area contributed by atoms with Crippen molar-refractivity contribution in [2.24, 2.45) is 0 Å². The number of amides is 1. The number of hydrogen-bond acceptors (Lipinski definition) is 6. The molecule has 1 amide bonds. The van der Waals surface area contributed by atoms with E-state index in [-0.39, 0.29) is 16.6 Å². The number of halogens is 1. The van der Waals surface area contributed by atoms with Crippen molar-refractivity contribution >= 4 is 44.4 Å². The molecule has 0 unspecified atom stereocenters. The smallest absolute Gasteiger partial charge is 0.243 e. The van der Waals surface area contributed by atoms with Crippen LogP contribution in [0.5, 0.6) is 5.75 Å². The number of rotatable bonds is 10. The van der Waals surface area contributed by atoms with Crippen molar-refractivity contribution in [1.29, 1.82) is 0 Å². The van der Waals surface area contributed by atoms with Crippen molar-refractivity contribution in [3.63, 3.8) is 0 Å². The van der Waals surface area contributed by atoms with Crippen LogP contribution in [0.15, 0.2) is 76.8 Å². The number of ether oxygens (including phenoxy) is 1. The third-order valence-corrected chi connectivity index (χ3v) is 8.69. The van der Waals surface area contributed by atoms with Gasteiger partial charge in [-0.05, 0) is 48.5 Å². The van der Waals surface area contributed by atoms with Gasteiger partial charge in [-0.15, -0.1) is 0 Å². The Labute approximate surface area is 219 Å². The Balaban J connectivity index is 1.74. The van der Waals surface area contributed by atoms with Gasteiger partial charge in [0.25, 0.3) is 0 Å². The number of aromatic nitrogens is 2. The Hall–Kier alpha value is -3.41. The summed E-state index contributed by atoms with van der Waals surface area (Å²) in [5.41, 5.74) is 2.18. The second-order valence-electron chi connectivity index (χ2n) is 7.99. The lowest BCUT2D eigenvalue weighted by Gasteiger charge is -2.18. The molecule has 0 aliphatic heterocycles. The van der Waals surface area contributed by atoms with E-state index in [2.05, 4.69) is 5.32 Å². The zero-order chi connectivity index (χ0) is 26.6. The maximum Gasteiger partial charge on any atom is 0.243 e. The van der Waals surface area contributed by atoms with Crippen LogP contribution in [0.4, 0.5) is 10.1 Å². The number of methoxy groups -OCH3 is 1. The first kappa shape index (κ1) is 26.6. The minimum Gasteiger partial charge on any atom is -0.495 e. The van der Waals surface area contributed by atoms with E-state index in [1.807, 2.05) is 28.8 Å². The lowest BCUT2D eigenvalue weighted by atomic mass is 10.2. The highest BCUT2D eigenvalue weighted by atomic mass is 32.2. The molecule has 1 aromatic heterocycles. The fourth-order valence-electron chi connectivity index (χ4n) is 3.95. The molecule has 0 saturated heterocycles. The number of anilines is 1. The van der Waals surface area contributed by atoms with Crippen LogP contribution in [0, 0.1) is 5.82 Å². The van der Waals surface area contributed by atoms with Crippen LogP contribution in [0.3, 0.4) is 0 Å². The van der Waals surface area contributed by atoms with Crippen LogP contribution < -0.4 is 10.1 Å². The lowest BCUT2D eigenvalue weighted by Crippen LogP contribution is -2.30. The maximum absolute atomic E-state index is 13.5. The number of thioether (sulfide) groups is 1. The highest BCUT2D eigenvalue weighted by Gasteiger charge is 2.24. The molecule has 4 aromatic rings. The summed E-state index contributed by atoms with van der Waals surface area (Å²) in [6, 6.07) is 17.9. The molecule has 0 bridgehead atoms. The van der Waals surface area contributed by atoms with Crippen LogP contribution >= 0.6 is 11.8 Å². The van der Waals surface area contributed by atoms with Crippen LogP contribution in [-0.4, -0.2) is 54.1 Å². The number of carbonyl (C=O) groups is 1. The molecule has 0 atom stereocenters. The first-order chi connectivity index (χ1) is 17.8. The first-order valence-corrected chi connectivity index (χ1v) is 14.0. The molecular weight excluding hydrogens is 515 g/mol. The van der Waals surface area contributed by atoms with Gasteiger partial charge in [-0.25, -0.2) is 17.8 Å². The number of nitrogens with one attached hydrogen (secondary N) is 1. The molecule has 0 aliphatic carbocycles. The van der Waals surface area contributed by atoms with E-state index in [0.717, 1.165) is 0 Å². The second-order valence-corrected chi connectivity index (χ2v) is 10.9. The normalized spacial score (nSPS) is 11.7. The van der Waals surface area contributed by atoms with E-state index in [0.29, 0.717) is 46.4 Å². The van der Waals surface area contributed by atoms with Gasteiger partial charge in [0, 0.05) is 18.8 Å². The molecule has 4 rings (SSSR count). The summed E-state index contributed by atoms with van der Waals surface area (Å²) in [5, 5.41) is 3.15. The van der Waals surface area contributed by atoms with E-state index < -0.39 is 15.8 Å². The number of hydrogen-bond donors (Lipinski definition) is 1. The number of carbonyl (C=O) groups excluding carboxylic acids is 1. The fourth-order valence-corrected chi connectivity index (χ4v) is 6.25. The molecule has 0 radical (unpaired) electrons. The number of imidazole rings is 1. The number of para-hydroxylation sites is 2. The predicted octanol–water partition coefficient (Wildman–Crippen LogP) is 4.93. The van der Waals surface area contributed by atoms with Crippen molar-refractivity contribution in [3.8, 4) is 11.4 Å². The average Bonchev–Trinajstić information content (AvgIpc) is 3.25. The molecule has 37 heavy (non-hydrogen) atoms. The Kier molecular flexibility index (Phi) is 8.16. The molecule has 194 valence electrons. The van der Waals surface area contributed by atoms with Gasteiger partial charge in [0.15, 0.2) is 5.16 Å². The number of nitrogens with zero attached hydrogens (tertiary/aromatic N) is 3. The zero-order valence-electron chi connectivity index (χ0n) is 20.6. The van der Waals surface area contributed by atoms with Crippen LogP contribution in [-0.2, 0) is 14.8 Å². The van der Waals surface area contributed by atoms with Gasteiger partial charge in [0.05, 0.1) is 34.5 Å². The first-order valence-electron chi connectivity index (χ1n) is 11.6. The van der Waals surface area contributed by atoms with Gasteiger partial charge in [0.2, 0.25) is 15.9 Å². The van der Waals surface area contributed by atoms with Crippen LogP contribution in [0.1, 0.15) is 13.8 Å². The van der Waals surface area contributed by atoms with Gasteiger partial charge in [-0.1, -0.05) is 43.8 Å². The summed E-state index contributed by atoms with van der Waals surface area (Å²) < 4.78 is 48.5. The molecule has 0 fully saturated rings. The van der Waals surface area contributed by atoms with Crippen molar-refractivity contribution in [2.75, 3.05) is 31.3 Å². The quantitative estimate of drug-likeness (QED) is 0.286. The monoisotopic (exact) mass is 542 g/mol. The Bertz CT molecular complexity index is 1530. The van der Waals surface area contributed by atoms with Crippen molar-refractivity contribution in [2.45, 2.75) is 23.9 Å². The zero-order valence-corrected chi connectivity index (χ0v) is 22.3. The molecule has 8 nitrogen and oxygen atoms in total. The van der Waals surface area contributed by atoms with E-state index in [1.54, 1.807) is 45.2 Å². The largest absolute Gasteiger partial charge is 0.495 e. The Morgan fingerprint density at radius 1 is 1.08 bits per heavy atom. The van der Waals surface area contributed by atoms with Gasteiger partial charge < -0.3 is 10.1 Å². The molecule has 1 N–H and O–H groups in total. The van der Waals surface area contributed by atoms with Crippen LogP contribution in [0.25, 0.3) is 16.7 Å². The molecule has 11 heteroatoms. The van der Waals surface area contributed by atoms with Crippen molar-refractivity contribution < 1.29 is 22.3 Å². The minimum atomic E-state index is -3.68. The van der Waals surface area contributed by atoms with E-state index in [9.17, 15) is 17.6 Å². The maximum atomic E-state index is 13.5. The van der Waals surface area contributed by atoms with Gasteiger partial charge in [0.1, 0.15) is 11.6 Å². The number of benzene rings is 3. The van der Waals surface area contributed by atoms with Crippen LogP contribution in [0.2, 0.25) is 0 Å². The standard InChI is InChI=1S/C26H27FN4O4S2/c1-4-30(5-2)37(33,34)20-13-14-22-21(16-20)29-26(31(22)23-11-6-7-12-24(23)35-3)36-17-25(32)28-19-10-8-9-18(27)15-19/h6-16H,4-5,17H2,1-3H3,(H,28,32). The predicted molar refractivity (Wildman–Crippen MR) is 143 cm³/mol. The summed E-state index contributed by atoms with van der Waals surface area (Å²) >= 11 is 1.18. The SMILES string of the molecule is CCN(CC)S(=O)(=O)c1ccc2c(c1)nc(SCC(=O)Nc1cccc(F)c1)n2-c1ccccc1OC. The topological polar surface area (TPSA) is 93.5 Å². The molecule has 0 saturated carbocycles. The Morgan fingerprint density at radius 2 is 1.84 bits per heavy atom. The lowest BCUT2D eigenvalue weighted by molar-refractivity contribution is -0.113. The fraction of sp³-hybridized carbons (Fsp3) is 0.231. The van der Waals surface area contributed by atoms with E-state index in [4.69, 9.17) is 9.72 Å². The van der Waals surface area contributed by atoms with Crippen molar-refractivity contribution in [3.05, 3.63) is 72.5 Å². The van der Waals surface area contributed by atoms with E-state index in [1.165, 1.54) is 34.3 Å². The molecule has 0 spiro atoms. The highest BCUT2D eigenvalue weighted by Crippen LogP contribution is 2.34. The minimum absolute atomic E-state index is 0.000409. The summed E-state index contributed by atoms with van der Waals surface area (Å²) in [6.45, 7) is 4.29. The van der Waals surface area contributed by atoms with Gasteiger partial charge in [-0.3, -0.25) is 9.36 Å². The van der Waals surface area contributed by atoms with Crippen molar-refractivity contribution in [1.82, 2.24) is 13.9 Å². The molecule has 1 heterocycles. The third-order valence-electron chi connectivity index (χ3n) is 5.71. The summed E-state index contributed by atoms with van der Waals surface area (Å²) in [6.07, 6.45) is 0. The molecule has 3 aromatic carbocycles. The number of sulfonamides is 1. The molecular formula is C26H27FN4O4S2. The summed E-state index contributed by atoms with van der Waals surface area (Å²) in [5.74, 6) is -0.190. The average molecular weight is 543 g/mol. The second kappa shape index (κ2) is 11.3. The summed E-state index contributed by atoms with van der Waals surface area (Å²) in [4.78, 5) is 17.4. The highest BCUT2D eigenvalue weighted by molar-refractivity contribution is 7.99. The third kappa shape index (κ3) is 5.63. The summed E-state index contributed by atoms with van der Waals surface area (Å²) in [7, 11) is -2.12. The van der Waals surface area contributed by atoms with E-state index >= 15 is 0 Å². The van der Waals surface area contributed by atoms with Gasteiger partial charge >= 0.3 is 0 Å². The Morgan fingerprint density at radius 3 is 2.54 bits per heavy atom. The molecule has 0 aliphatic rings. The van der Waals surface area contributed by atoms with Gasteiger partial charge in [-0.2, -0.15) is 4.31 Å². The number of fused-ring (bicyclic) bond motifs is 1.